The normalized spacial score (nSPS) is 30.5. The number of nitrogen functional groups attached to an aromatic ring is 1. The van der Waals surface area contributed by atoms with Crippen molar-refractivity contribution in [2.24, 2.45) is 11.8 Å². The summed E-state index contributed by atoms with van der Waals surface area (Å²) in [5.74, 6) is 0.725. The van der Waals surface area contributed by atoms with E-state index in [4.69, 9.17) is 5.73 Å². The lowest BCUT2D eigenvalue weighted by atomic mass is 10.00. The zero-order valence-electron chi connectivity index (χ0n) is 10.2. The van der Waals surface area contributed by atoms with Gasteiger partial charge < -0.3 is 15.7 Å². The lowest BCUT2D eigenvalue weighted by Crippen LogP contribution is -2.31. The number of carbonyl (C=O) groups excluding carboxylic acids is 1. The van der Waals surface area contributed by atoms with Crippen molar-refractivity contribution in [1.29, 1.82) is 0 Å². The number of fused-ring (bicyclic) bond motifs is 1. The first kappa shape index (κ1) is 11.5. The molecule has 1 heterocycles. The molecule has 2 fully saturated rings. The van der Waals surface area contributed by atoms with Crippen molar-refractivity contribution >= 4 is 11.6 Å². The number of amides is 1. The van der Waals surface area contributed by atoms with E-state index in [1.54, 1.807) is 12.1 Å². The number of aliphatic hydroxyl groups is 1. The van der Waals surface area contributed by atoms with Gasteiger partial charge in [0.25, 0.3) is 5.91 Å². The number of benzene rings is 1. The third kappa shape index (κ3) is 1.77. The second-order valence-electron chi connectivity index (χ2n) is 5.37. The Balaban J connectivity index is 1.78. The standard InChI is InChI=1S/C14H18N2O2/c15-12-4-2-1-3-10(12)14(18)16-7-9-5-6-13(17)11(9)8-16/h1-4,9,11,13,17H,5-8,15H2. The summed E-state index contributed by atoms with van der Waals surface area (Å²) < 4.78 is 0. The third-order valence-electron chi connectivity index (χ3n) is 4.30. The Morgan fingerprint density at radius 1 is 1.28 bits per heavy atom. The minimum Gasteiger partial charge on any atom is -0.398 e. The number of para-hydroxylation sites is 1. The second kappa shape index (κ2) is 4.28. The van der Waals surface area contributed by atoms with Gasteiger partial charge in [0.1, 0.15) is 0 Å². The predicted octanol–water partition coefficient (Wildman–Crippen LogP) is 1.11. The van der Waals surface area contributed by atoms with Crippen molar-refractivity contribution in [3.63, 3.8) is 0 Å². The summed E-state index contributed by atoms with van der Waals surface area (Å²) in [6, 6.07) is 7.17. The number of nitrogens with two attached hydrogens (primary N) is 1. The zero-order valence-corrected chi connectivity index (χ0v) is 10.2. The molecule has 1 saturated heterocycles. The number of hydrogen-bond acceptors (Lipinski definition) is 3. The lowest BCUT2D eigenvalue weighted by molar-refractivity contribution is 0.0753. The van der Waals surface area contributed by atoms with E-state index in [1.165, 1.54) is 0 Å². The summed E-state index contributed by atoms with van der Waals surface area (Å²) in [7, 11) is 0. The SMILES string of the molecule is Nc1ccccc1C(=O)N1CC2CCC(O)C2C1. The minimum atomic E-state index is -0.235. The first-order valence-electron chi connectivity index (χ1n) is 6.48. The maximum absolute atomic E-state index is 12.4. The molecule has 1 aliphatic heterocycles. The molecule has 1 saturated carbocycles. The molecule has 3 unspecified atom stereocenters. The average Bonchev–Trinajstić information content (AvgIpc) is 2.92. The highest BCUT2D eigenvalue weighted by atomic mass is 16.3. The highest BCUT2D eigenvalue weighted by Gasteiger charge is 2.43. The molecule has 0 radical (unpaired) electrons. The summed E-state index contributed by atoms with van der Waals surface area (Å²) in [5.41, 5.74) is 6.94. The smallest absolute Gasteiger partial charge is 0.255 e. The third-order valence-corrected chi connectivity index (χ3v) is 4.30. The first-order valence-corrected chi connectivity index (χ1v) is 6.48. The molecule has 1 aromatic rings. The fraction of sp³-hybridized carbons (Fsp3) is 0.500. The van der Waals surface area contributed by atoms with Gasteiger partial charge in [-0.25, -0.2) is 0 Å². The molecule has 2 aliphatic rings. The maximum Gasteiger partial charge on any atom is 0.255 e. The number of carbonyl (C=O) groups is 1. The van der Waals surface area contributed by atoms with Crippen LogP contribution in [0.3, 0.4) is 0 Å². The summed E-state index contributed by atoms with van der Waals surface area (Å²) in [6.45, 7) is 1.42. The number of aliphatic hydroxyl groups excluding tert-OH is 1. The van der Waals surface area contributed by atoms with Crippen LogP contribution in [0.2, 0.25) is 0 Å². The Labute approximate surface area is 106 Å². The Hall–Kier alpha value is -1.55. The summed E-state index contributed by atoms with van der Waals surface area (Å²) >= 11 is 0. The highest BCUT2D eigenvalue weighted by molar-refractivity contribution is 5.99. The molecular weight excluding hydrogens is 228 g/mol. The molecule has 0 bridgehead atoms. The molecular formula is C14H18N2O2. The Morgan fingerprint density at radius 2 is 2.06 bits per heavy atom. The Kier molecular flexibility index (Phi) is 2.74. The molecule has 4 nitrogen and oxygen atoms in total. The van der Waals surface area contributed by atoms with Gasteiger partial charge in [0.2, 0.25) is 0 Å². The summed E-state index contributed by atoms with van der Waals surface area (Å²) in [4.78, 5) is 14.2. The Bertz CT molecular complexity index is 475. The van der Waals surface area contributed by atoms with Crippen LogP contribution in [-0.2, 0) is 0 Å². The Morgan fingerprint density at radius 3 is 2.78 bits per heavy atom. The largest absolute Gasteiger partial charge is 0.398 e. The van der Waals surface area contributed by atoms with Crippen LogP contribution >= 0.6 is 0 Å². The quantitative estimate of drug-likeness (QED) is 0.729. The molecule has 1 aromatic carbocycles. The van der Waals surface area contributed by atoms with E-state index in [0.717, 1.165) is 19.4 Å². The van der Waals surface area contributed by atoms with E-state index in [0.29, 0.717) is 23.7 Å². The van der Waals surface area contributed by atoms with Gasteiger partial charge in [-0.15, -0.1) is 0 Å². The molecule has 3 N–H and O–H groups in total. The van der Waals surface area contributed by atoms with Crippen LogP contribution in [0, 0.1) is 11.8 Å². The van der Waals surface area contributed by atoms with Gasteiger partial charge in [0.05, 0.1) is 11.7 Å². The summed E-state index contributed by atoms with van der Waals surface area (Å²) in [6.07, 6.45) is 1.67. The minimum absolute atomic E-state index is 0.00491. The van der Waals surface area contributed by atoms with Crippen LogP contribution in [0.25, 0.3) is 0 Å². The van der Waals surface area contributed by atoms with Crippen LogP contribution in [0.1, 0.15) is 23.2 Å². The van der Waals surface area contributed by atoms with Crippen molar-refractivity contribution in [3.05, 3.63) is 29.8 Å². The van der Waals surface area contributed by atoms with Crippen LogP contribution in [0.15, 0.2) is 24.3 Å². The van der Waals surface area contributed by atoms with Gasteiger partial charge >= 0.3 is 0 Å². The van der Waals surface area contributed by atoms with Gasteiger partial charge in [-0.05, 0) is 30.9 Å². The predicted molar refractivity (Wildman–Crippen MR) is 69.0 cm³/mol. The second-order valence-corrected chi connectivity index (χ2v) is 5.37. The fourth-order valence-electron chi connectivity index (χ4n) is 3.26. The fourth-order valence-corrected chi connectivity index (χ4v) is 3.26. The molecule has 96 valence electrons. The molecule has 1 aliphatic carbocycles. The number of hydrogen-bond donors (Lipinski definition) is 2. The van der Waals surface area contributed by atoms with Crippen molar-refractivity contribution in [2.45, 2.75) is 18.9 Å². The molecule has 18 heavy (non-hydrogen) atoms. The van der Waals surface area contributed by atoms with Crippen molar-refractivity contribution in [3.8, 4) is 0 Å². The molecule has 4 heteroatoms. The topological polar surface area (TPSA) is 66.6 Å². The van der Waals surface area contributed by atoms with Crippen molar-refractivity contribution in [2.75, 3.05) is 18.8 Å². The van der Waals surface area contributed by atoms with Crippen LogP contribution < -0.4 is 5.73 Å². The van der Waals surface area contributed by atoms with E-state index in [9.17, 15) is 9.90 Å². The lowest BCUT2D eigenvalue weighted by Gasteiger charge is -2.19. The molecule has 3 rings (SSSR count). The monoisotopic (exact) mass is 246 g/mol. The molecule has 0 spiro atoms. The van der Waals surface area contributed by atoms with Gasteiger partial charge in [0.15, 0.2) is 0 Å². The zero-order chi connectivity index (χ0) is 12.7. The van der Waals surface area contributed by atoms with Crippen LogP contribution in [0.4, 0.5) is 5.69 Å². The van der Waals surface area contributed by atoms with Crippen molar-refractivity contribution in [1.82, 2.24) is 4.90 Å². The average molecular weight is 246 g/mol. The maximum atomic E-state index is 12.4. The van der Waals surface area contributed by atoms with Crippen LogP contribution in [0.5, 0.6) is 0 Å². The van der Waals surface area contributed by atoms with E-state index < -0.39 is 0 Å². The number of nitrogens with zero attached hydrogens (tertiary/aromatic N) is 1. The number of anilines is 1. The molecule has 1 amide bonds. The van der Waals surface area contributed by atoms with Gasteiger partial charge in [-0.2, -0.15) is 0 Å². The highest BCUT2D eigenvalue weighted by Crippen LogP contribution is 2.38. The summed E-state index contributed by atoms with van der Waals surface area (Å²) in [5, 5.41) is 9.86. The van der Waals surface area contributed by atoms with E-state index in [2.05, 4.69) is 0 Å². The first-order chi connectivity index (χ1) is 8.66. The van der Waals surface area contributed by atoms with Gasteiger partial charge in [-0.3, -0.25) is 4.79 Å². The van der Waals surface area contributed by atoms with Crippen LogP contribution in [-0.4, -0.2) is 35.1 Å². The van der Waals surface area contributed by atoms with E-state index in [-0.39, 0.29) is 17.9 Å². The molecule has 0 aromatic heterocycles. The number of likely N-dealkylation sites (tertiary alicyclic amines) is 1. The van der Waals surface area contributed by atoms with E-state index in [1.807, 2.05) is 17.0 Å². The van der Waals surface area contributed by atoms with Crippen molar-refractivity contribution < 1.29 is 9.90 Å². The van der Waals surface area contributed by atoms with Gasteiger partial charge in [0, 0.05) is 24.7 Å². The number of rotatable bonds is 1. The van der Waals surface area contributed by atoms with Gasteiger partial charge in [-0.1, -0.05) is 12.1 Å². The molecule has 3 atom stereocenters. The van der Waals surface area contributed by atoms with E-state index >= 15 is 0 Å².